The number of benzene rings is 2. The molecule has 0 bridgehead atoms. The normalized spacial score (nSPS) is 14.9. The fourth-order valence-corrected chi connectivity index (χ4v) is 5.77. The molecule has 0 spiro atoms. The number of fused-ring (bicyclic) bond motifs is 1. The van der Waals surface area contributed by atoms with Crippen molar-refractivity contribution in [2.45, 2.75) is 26.8 Å². The Morgan fingerprint density at radius 3 is 2.54 bits per heavy atom. The molecule has 0 fully saturated rings. The third-order valence-corrected chi connectivity index (χ3v) is 7.47. The monoisotopic (exact) mass is 614 g/mol. The summed E-state index contributed by atoms with van der Waals surface area (Å²) < 4.78 is 23.9. The molecule has 0 radical (unpaired) electrons. The highest BCUT2D eigenvalue weighted by Crippen LogP contribution is 2.35. The molecule has 1 aliphatic heterocycles. The third-order valence-electron chi connectivity index (χ3n) is 5.87. The van der Waals surface area contributed by atoms with Crippen LogP contribution in [0.5, 0.6) is 11.5 Å². The number of para-hydroxylation sites is 1. The van der Waals surface area contributed by atoms with Crippen LogP contribution in [0.15, 0.2) is 68.0 Å². The van der Waals surface area contributed by atoms with E-state index in [0.717, 1.165) is 0 Å². The summed E-state index contributed by atoms with van der Waals surface area (Å²) in [7, 11) is 1.56. The second kappa shape index (κ2) is 12.4. The Balaban J connectivity index is 1.86. The van der Waals surface area contributed by atoms with Crippen LogP contribution in [0, 0.1) is 0 Å². The first-order valence-corrected chi connectivity index (χ1v) is 13.8. The Labute approximate surface area is 237 Å². The summed E-state index contributed by atoms with van der Waals surface area (Å²) in [6.07, 6.45) is 1.69. The van der Waals surface area contributed by atoms with E-state index in [0.29, 0.717) is 42.1 Å². The molecule has 11 heteroatoms. The average molecular weight is 616 g/mol. The lowest BCUT2D eigenvalue weighted by Crippen LogP contribution is -2.40. The van der Waals surface area contributed by atoms with Crippen molar-refractivity contribution >= 4 is 45.3 Å². The van der Waals surface area contributed by atoms with Crippen LogP contribution in [0.2, 0.25) is 0 Å². The number of hydrogen-bond acceptors (Lipinski definition) is 9. The SMILES string of the molecule is CCOC(=O)COc1ccccc1/C=c1/sc2n(c1=O)[C@@H](c1ccc(OC)c(Br)c1)C(C(=O)OCC)=C(C)N=2. The smallest absolute Gasteiger partial charge is 0.344 e. The van der Waals surface area contributed by atoms with Gasteiger partial charge in [0.2, 0.25) is 0 Å². The lowest BCUT2D eigenvalue weighted by molar-refractivity contribution is -0.145. The molecule has 1 atom stereocenters. The summed E-state index contributed by atoms with van der Waals surface area (Å²) >= 11 is 4.71. The maximum Gasteiger partial charge on any atom is 0.344 e. The molecule has 0 aliphatic carbocycles. The van der Waals surface area contributed by atoms with E-state index in [9.17, 15) is 14.4 Å². The van der Waals surface area contributed by atoms with Crippen LogP contribution in [0.3, 0.4) is 0 Å². The number of halogens is 1. The minimum absolute atomic E-state index is 0.182. The van der Waals surface area contributed by atoms with Crippen LogP contribution in [0.25, 0.3) is 6.08 Å². The molecule has 0 amide bonds. The summed E-state index contributed by atoms with van der Waals surface area (Å²) in [6.45, 7) is 5.36. The van der Waals surface area contributed by atoms with Gasteiger partial charge in [-0.3, -0.25) is 9.36 Å². The number of methoxy groups -OCH3 is 1. The van der Waals surface area contributed by atoms with Crippen LogP contribution in [0.4, 0.5) is 0 Å². The van der Waals surface area contributed by atoms with Crippen molar-refractivity contribution in [3.05, 3.63) is 89.0 Å². The molecule has 4 rings (SSSR count). The summed E-state index contributed by atoms with van der Waals surface area (Å²) in [4.78, 5) is 43.8. The fourth-order valence-electron chi connectivity index (χ4n) is 4.17. The number of carbonyl (C=O) groups excluding carboxylic acids is 2. The van der Waals surface area contributed by atoms with Gasteiger partial charge in [0.15, 0.2) is 11.4 Å². The molecular formula is C28H27BrN2O7S. The Bertz CT molecular complexity index is 1620. The van der Waals surface area contributed by atoms with E-state index < -0.39 is 18.0 Å². The summed E-state index contributed by atoms with van der Waals surface area (Å²) in [5.74, 6) is 0.0152. The molecule has 1 aliphatic rings. The van der Waals surface area contributed by atoms with Crippen LogP contribution >= 0.6 is 27.3 Å². The first-order valence-electron chi connectivity index (χ1n) is 12.2. The van der Waals surface area contributed by atoms with Gasteiger partial charge in [0.05, 0.1) is 46.6 Å². The van der Waals surface area contributed by atoms with Gasteiger partial charge in [-0.1, -0.05) is 35.6 Å². The molecule has 0 N–H and O–H groups in total. The molecular weight excluding hydrogens is 588 g/mol. The second-order valence-corrected chi connectivity index (χ2v) is 10.2. The van der Waals surface area contributed by atoms with Gasteiger partial charge in [-0.25, -0.2) is 14.6 Å². The summed E-state index contributed by atoms with van der Waals surface area (Å²) in [5.41, 5.74) is 1.72. The van der Waals surface area contributed by atoms with Gasteiger partial charge in [-0.15, -0.1) is 0 Å². The standard InChI is InChI=1S/C28H27BrN2O7S/c1-5-36-23(32)15-38-20-10-8-7-9-17(20)14-22-26(33)31-25(18-11-12-21(35-4)19(29)13-18)24(27(34)37-6-2)16(3)30-28(31)39-22/h7-14,25H,5-6,15H2,1-4H3/b22-14+/t25-/m0/s1. The van der Waals surface area contributed by atoms with E-state index in [2.05, 4.69) is 20.9 Å². The Morgan fingerprint density at radius 2 is 1.85 bits per heavy atom. The van der Waals surface area contributed by atoms with Gasteiger partial charge in [0.25, 0.3) is 5.56 Å². The maximum atomic E-state index is 13.9. The van der Waals surface area contributed by atoms with E-state index in [1.165, 1.54) is 15.9 Å². The van der Waals surface area contributed by atoms with Crippen LogP contribution < -0.4 is 24.4 Å². The van der Waals surface area contributed by atoms with Crippen molar-refractivity contribution in [3.63, 3.8) is 0 Å². The van der Waals surface area contributed by atoms with E-state index in [1.807, 2.05) is 12.1 Å². The van der Waals surface area contributed by atoms with Gasteiger partial charge in [0.1, 0.15) is 11.5 Å². The minimum atomic E-state index is -0.764. The van der Waals surface area contributed by atoms with E-state index in [4.69, 9.17) is 18.9 Å². The highest BCUT2D eigenvalue weighted by Gasteiger charge is 2.33. The molecule has 0 unspecified atom stereocenters. The molecule has 1 aromatic heterocycles. The van der Waals surface area contributed by atoms with Crippen molar-refractivity contribution in [3.8, 4) is 11.5 Å². The number of ether oxygens (including phenoxy) is 4. The topological polar surface area (TPSA) is 105 Å². The summed E-state index contributed by atoms with van der Waals surface area (Å²) in [6, 6.07) is 11.7. The quantitative estimate of drug-likeness (QED) is 0.340. The lowest BCUT2D eigenvalue weighted by Gasteiger charge is -2.25. The molecule has 3 aromatic rings. The van der Waals surface area contributed by atoms with E-state index in [-0.39, 0.29) is 31.0 Å². The van der Waals surface area contributed by atoms with Gasteiger partial charge >= 0.3 is 11.9 Å². The van der Waals surface area contributed by atoms with Crippen LogP contribution in [-0.2, 0) is 19.1 Å². The molecule has 0 saturated heterocycles. The zero-order valence-corrected chi connectivity index (χ0v) is 24.3. The molecule has 2 aromatic carbocycles. The highest BCUT2D eigenvalue weighted by atomic mass is 79.9. The largest absolute Gasteiger partial charge is 0.496 e. The molecule has 9 nitrogen and oxygen atoms in total. The zero-order valence-electron chi connectivity index (χ0n) is 21.9. The van der Waals surface area contributed by atoms with Crippen LogP contribution in [-0.4, -0.2) is 43.4 Å². The fraction of sp³-hybridized carbons (Fsp3) is 0.286. The third kappa shape index (κ3) is 5.99. The number of rotatable bonds is 9. The first kappa shape index (κ1) is 28.3. The number of carbonyl (C=O) groups is 2. The van der Waals surface area contributed by atoms with Crippen molar-refractivity contribution < 1.29 is 28.5 Å². The predicted octanol–water partition coefficient (Wildman–Crippen LogP) is 3.51. The molecule has 39 heavy (non-hydrogen) atoms. The number of esters is 2. The van der Waals surface area contributed by atoms with E-state index >= 15 is 0 Å². The number of aromatic nitrogens is 1. The number of nitrogens with zero attached hydrogens (tertiary/aromatic N) is 2. The maximum absolute atomic E-state index is 13.9. The summed E-state index contributed by atoms with van der Waals surface area (Å²) in [5, 5.41) is 0. The molecule has 2 heterocycles. The predicted molar refractivity (Wildman–Crippen MR) is 150 cm³/mol. The Kier molecular flexibility index (Phi) is 9.03. The molecule has 204 valence electrons. The van der Waals surface area contributed by atoms with Crippen molar-refractivity contribution in [1.82, 2.24) is 4.57 Å². The molecule has 0 saturated carbocycles. The van der Waals surface area contributed by atoms with Crippen molar-refractivity contribution in [1.29, 1.82) is 0 Å². The van der Waals surface area contributed by atoms with E-state index in [1.54, 1.807) is 64.3 Å². The lowest BCUT2D eigenvalue weighted by atomic mass is 9.96. The van der Waals surface area contributed by atoms with Crippen molar-refractivity contribution in [2.24, 2.45) is 4.99 Å². The minimum Gasteiger partial charge on any atom is -0.496 e. The Hall–Kier alpha value is -3.70. The highest BCUT2D eigenvalue weighted by molar-refractivity contribution is 9.10. The Morgan fingerprint density at radius 1 is 1.10 bits per heavy atom. The van der Waals surface area contributed by atoms with Gasteiger partial charge in [-0.2, -0.15) is 0 Å². The first-order chi connectivity index (χ1) is 18.8. The zero-order chi connectivity index (χ0) is 28.1. The van der Waals surface area contributed by atoms with Gasteiger partial charge in [0, 0.05) is 5.56 Å². The second-order valence-electron chi connectivity index (χ2n) is 8.33. The number of allylic oxidation sites excluding steroid dienone is 1. The van der Waals surface area contributed by atoms with Crippen molar-refractivity contribution in [2.75, 3.05) is 26.9 Å². The number of hydrogen-bond donors (Lipinski definition) is 0. The van der Waals surface area contributed by atoms with Gasteiger partial charge in [-0.05, 0) is 66.5 Å². The van der Waals surface area contributed by atoms with Gasteiger partial charge < -0.3 is 18.9 Å². The average Bonchev–Trinajstić information content (AvgIpc) is 3.21. The number of thiazole rings is 1. The van der Waals surface area contributed by atoms with Crippen LogP contribution in [0.1, 0.15) is 37.9 Å².